The second-order valence-corrected chi connectivity index (χ2v) is 18.0. The van der Waals surface area contributed by atoms with Gasteiger partial charge in [0, 0.05) is 0 Å². The molecule has 0 aromatic carbocycles. The van der Waals surface area contributed by atoms with E-state index in [4.69, 9.17) is 4.12 Å². The number of hydrogen-bond donors (Lipinski definition) is 0. The predicted octanol–water partition coefficient (Wildman–Crippen LogP) is 8.13. The van der Waals surface area contributed by atoms with Crippen molar-refractivity contribution in [1.29, 1.82) is 0 Å². The summed E-state index contributed by atoms with van der Waals surface area (Å²) in [5, 5.41) is 0. The SMILES string of the molecule is CCCCCCC(C)[Si](C)(C)O[Si](C)(C)C(C)CCCCCC. The molecule has 2 unspecified atom stereocenters. The first-order chi connectivity index (χ1) is 10.7. The maximum absolute atomic E-state index is 6.94. The molecule has 0 radical (unpaired) electrons. The van der Waals surface area contributed by atoms with Gasteiger partial charge in [0.05, 0.1) is 0 Å². The standard InChI is InChI=1S/C20H46OSi2/c1-9-11-13-15-17-19(3)22(5,6)21-23(7,8)20(4)18-16-14-12-10-2/h19-20H,9-18H2,1-8H3. The Balaban J connectivity index is 4.35. The minimum Gasteiger partial charge on any atom is -0.455 e. The molecular weight excluding hydrogens is 312 g/mol. The Labute approximate surface area is 150 Å². The average molecular weight is 359 g/mol. The summed E-state index contributed by atoms with van der Waals surface area (Å²) in [6, 6.07) is 0. The van der Waals surface area contributed by atoms with Crippen molar-refractivity contribution in [3.05, 3.63) is 0 Å². The molecular formula is C20H46OSi2. The van der Waals surface area contributed by atoms with Crippen molar-refractivity contribution in [3.8, 4) is 0 Å². The average Bonchev–Trinajstić information content (AvgIpc) is 2.46. The number of hydrogen-bond acceptors (Lipinski definition) is 1. The Hall–Kier alpha value is 0.394. The molecule has 0 saturated heterocycles. The monoisotopic (exact) mass is 358 g/mol. The molecule has 0 aliphatic heterocycles. The third kappa shape index (κ3) is 10.1. The van der Waals surface area contributed by atoms with Gasteiger partial charge in [-0.15, -0.1) is 0 Å². The molecule has 0 aromatic heterocycles. The van der Waals surface area contributed by atoms with Crippen LogP contribution >= 0.6 is 0 Å². The lowest BCUT2D eigenvalue weighted by atomic mass is 10.1. The predicted molar refractivity (Wildman–Crippen MR) is 112 cm³/mol. The molecule has 0 saturated carbocycles. The van der Waals surface area contributed by atoms with Crippen LogP contribution in [0.2, 0.25) is 37.3 Å². The summed E-state index contributed by atoms with van der Waals surface area (Å²) in [6.45, 7) is 19.4. The van der Waals surface area contributed by atoms with Crippen molar-refractivity contribution < 1.29 is 4.12 Å². The van der Waals surface area contributed by atoms with Gasteiger partial charge in [-0.3, -0.25) is 0 Å². The van der Waals surface area contributed by atoms with E-state index in [1.165, 1.54) is 64.2 Å². The maximum atomic E-state index is 6.94. The van der Waals surface area contributed by atoms with Crippen molar-refractivity contribution in [2.24, 2.45) is 0 Å². The molecule has 0 aromatic rings. The van der Waals surface area contributed by atoms with E-state index in [-0.39, 0.29) is 0 Å². The van der Waals surface area contributed by atoms with Crippen LogP contribution in [0, 0.1) is 0 Å². The van der Waals surface area contributed by atoms with Gasteiger partial charge >= 0.3 is 0 Å². The molecule has 0 aliphatic rings. The molecule has 1 nitrogen and oxygen atoms in total. The van der Waals surface area contributed by atoms with Crippen molar-refractivity contribution in [1.82, 2.24) is 0 Å². The van der Waals surface area contributed by atoms with Gasteiger partial charge in [0.25, 0.3) is 0 Å². The van der Waals surface area contributed by atoms with Crippen LogP contribution in [0.3, 0.4) is 0 Å². The summed E-state index contributed by atoms with van der Waals surface area (Å²) in [6.07, 6.45) is 13.8. The topological polar surface area (TPSA) is 9.23 Å². The minimum atomic E-state index is -1.56. The highest BCUT2D eigenvalue weighted by atomic mass is 28.4. The Kier molecular flexibility index (Phi) is 12.1. The van der Waals surface area contributed by atoms with Gasteiger partial charge in [0.15, 0.2) is 16.6 Å². The lowest BCUT2D eigenvalue weighted by molar-refractivity contribution is 0.477. The van der Waals surface area contributed by atoms with Crippen molar-refractivity contribution in [2.45, 2.75) is 129 Å². The first kappa shape index (κ1) is 23.4. The van der Waals surface area contributed by atoms with Crippen LogP contribution < -0.4 is 0 Å². The first-order valence-corrected chi connectivity index (χ1v) is 16.3. The van der Waals surface area contributed by atoms with E-state index in [2.05, 4.69) is 53.9 Å². The molecule has 0 aliphatic carbocycles. The number of unbranched alkanes of at least 4 members (excludes halogenated alkanes) is 6. The van der Waals surface area contributed by atoms with Gasteiger partial charge < -0.3 is 4.12 Å². The van der Waals surface area contributed by atoms with E-state index in [1.807, 2.05) is 0 Å². The van der Waals surface area contributed by atoms with E-state index in [0.29, 0.717) is 0 Å². The van der Waals surface area contributed by atoms with Crippen LogP contribution in [0.1, 0.15) is 91.9 Å². The van der Waals surface area contributed by atoms with E-state index in [9.17, 15) is 0 Å². The Morgan fingerprint density at radius 1 is 0.609 bits per heavy atom. The van der Waals surface area contributed by atoms with Gasteiger partial charge in [-0.25, -0.2) is 0 Å². The van der Waals surface area contributed by atoms with Gasteiger partial charge in [0.1, 0.15) is 0 Å². The fraction of sp³-hybridized carbons (Fsp3) is 1.00. The highest BCUT2D eigenvalue weighted by Crippen LogP contribution is 2.36. The molecule has 0 N–H and O–H groups in total. The van der Waals surface area contributed by atoms with Crippen LogP contribution in [-0.4, -0.2) is 16.6 Å². The lowest BCUT2D eigenvalue weighted by Gasteiger charge is -2.41. The zero-order valence-electron chi connectivity index (χ0n) is 17.6. The summed E-state index contributed by atoms with van der Waals surface area (Å²) < 4.78 is 6.94. The molecule has 0 rings (SSSR count). The Morgan fingerprint density at radius 2 is 0.957 bits per heavy atom. The van der Waals surface area contributed by atoms with E-state index in [0.717, 1.165) is 11.1 Å². The maximum Gasteiger partial charge on any atom is 0.176 e. The molecule has 140 valence electrons. The molecule has 23 heavy (non-hydrogen) atoms. The van der Waals surface area contributed by atoms with Crippen LogP contribution in [0.5, 0.6) is 0 Å². The van der Waals surface area contributed by atoms with Crippen molar-refractivity contribution >= 4 is 16.6 Å². The molecule has 0 spiro atoms. The fourth-order valence-electron chi connectivity index (χ4n) is 3.33. The van der Waals surface area contributed by atoms with E-state index in [1.54, 1.807) is 0 Å². The fourth-order valence-corrected chi connectivity index (χ4v) is 12.2. The van der Waals surface area contributed by atoms with Gasteiger partial charge in [0.2, 0.25) is 0 Å². The normalized spacial score (nSPS) is 15.7. The Morgan fingerprint density at radius 3 is 1.26 bits per heavy atom. The smallest absolute Gasteiger partial charge is 0.176 e. The van der Waals surface area contributed by atoms with Crippen LogP contribution in [0.25, 0.3) is 0 Å². The number of rotatable bonds is 14. The zero-order chi connectivity index (χ0) is 17.9. The molecule has 2 atom stereocenters. The molecule has 0 bridgehead atoms. The van der Waals surface area contributed by atoms with Crippen LogP contribution in [-0.2, 0) is 4.12 Å². The summed E-state index contributed by atoms with van der Waals surface area (Å²) >= 11 is 0. The first-order valence-electron chi connectivity index (χ1n) is 10.4. The highest BCUT2D eigenvalue weighted by molar-refractivity contribution is 6.86. The molecule has 0 amide bonds. The van der Waals surface area contributed by atoms with Gasteiger partial charge in [-0.1, -0.05) is 91.9 Å². The largest absolute Gasteiger partial charge is 0.455 e. The lowest BCUT2D eigenvalue weighted by Crippen LogP contribution is -2.48. The van der Waals surface area contributed by atoms with Crippen LogP contribution in [0.4, 0.5) is 0 Å². The van der Waals surface area contributed by atoms with Crippen LogP contribution in [0.15, 0.2) is 0 Å². The molecule has 0 heterocycles. The zero-order valence-corrected chi connectivity index (χ0v) is 19.6. The van der Waals surface area contributed by atoms with E-state index >= 15 is 0 Å². The summed E-state index contributed by atoms with van der Waals surface area (Å²) in [5.41, 5.74) is 1.58. The van der Waals surface area contributed by atoms with Crippen molar-refractivity contribution in [3.63, 3.8) is 0 Å². The third-order valence-corrected chi connectivity index (χ3v) is 15.4. The summed E-state index contributed by atoms with van der Waals surface area (Å²) in [5.74, 6) is 0. The third-order valence-electron chi connectivity index (χ3n) is 5.88. The van der Waals surface area contributed by atoms with Gasteiger partial charge in [-0.2, -0.15) is 0 Å². The Bertz CT molecular complexity index is 261. The van der Waals surface area contributed by atoms with E-state index < -0.39 is 16.6 Å². The summed E-state index contributed by atoms with van der Waals surface area (Å²) in [7, 11) is -3.12. The second-order valence-electron chi connectivity index (χ2n) is 8.81. The highest BCUT2D eigenvalue weighted by Gasteiger charge is 2.39. The molecule has 3 heteroatoms. The summed E-state index contributed by atoms with van der Waals surface area (Å²) in [4.78, 5) is 0. The quantitative estimate of drug-likeness (QED) is 0.225. The second kappa shape index (κ2) is 11.9. The van der Waals surface area contributed by atoms with Crippen molar-refractivity contribution in [2.75, 3.05) is 0 Å². The molecule has 0 fully saturated rings. The minimum absolute atomic E-state index is 0.790. The van der Waals surface area contributed by atoms with Gasteiger partial charge in [-0.05, 0) is 37.3 Å².